The highest BCUT2D eigenvalue weighted by atomic mass is 16.3. The first kappa shape index (κ1) is 13.5. The topological polar surface area (TPSA) is 35.5 Å². The fourth-order valence-corrected chi connectivity index (χ4v) is 2.88. The van der Waals surface area contributed by atoms with E-state index < -0.39 is 0 Å². The summed E-state index contributed by atoms with van der Waals surface area (Å²) in [5, 5.41) is 12.7. The molecule has 0 aliphatic carbocycles. The highest BCUT2D eigenvalue weighted by Gasteiger charge is 2.21. The van der Waals surface area contributed by atoms with E-state index in [0.717, 1.165) is 32.6 Å². The highest BCUT2D eigenvalue weighted by molar-refractivity contribution is 5.30. The van der Waals surface area contributed by atoms with Gasteiger partial charge in [0, 0.05) is 38.8 Å². The molecular formula is C15H24N2O. The lowest BCUT2D eigenvalue weighted by atomic mass is 9.97. The highest BCUT2D eigenvalue weighted by Crippen LogP contribution is 2.26. The maximum atomic E-state index is 9.32. The molecule has 0 aromatic heterocycles. The van der Waals surface area contributed by atoms with Gasteiger partial charge in [-0.15, -0.1) is 0 Å². The Bertz CT molecular complexity index is 366. The summed E-state index contributed by atoms with van der Waals surface area (Å²) in [6, 6.07) is 7.08. The van der Waals surface area contributed by atoms with E-state index in [-0.39, 0.29) is 6.61 Å². The van der Waals surface area contributed by atoms with E-state index in [1.54, 1.807) is 0 Å². The lowest BCUT2D eigenvalue weighted by molar-refractivity contribution is 0.141. The second-order valence-corrected chi connectivity index (χ2v) is 5.24. The van der Waals surface area contributed by atoms with Gasteiger partial charge in [0.25, 0.3) is 0 Å². The van der Waals surface area contributed by atoms with E-state index in [4.69, 9.17) is 0 Å². The van der Waals surface area contributed by atoms with Crippen LogP contribution >= 0.6 is 0 Å². The number of aryl methyl sites for hydroxylation is 2. The fourth-order valence-electron chi connectivity index (χ4n) is 2.88. The van der Waals surface area contributed by atoms with Gasteiger partial charge in [-0.25, -0.2) is 0 Å². The fraction of sp³-hybridized carbons (Fsp3) is 0.600. The number of nitrogens with zero attached hydrogens (tertiary/aromatic N) is 1. The number of rotatable bonds is 4. The van der Waals surface area contributed by atoms with E-state index in [9.17, 15) is 5.11 Å². The summed E-state index contributed by atoms with van der Waals surface area (Å²) in [5.41, 5.74) is 3.97. The maximum Gasteiger partial charge on any atom is 0.0449 e. The molecule has 1 atom stereocenters. The molecule has 3 heteroatoms. The number of hydrogen-bond donors (Lipinski definition) is 2. The molecule has 0 amide bonds. The van der Waals surface area contributed by atoms with Crippen molar-refractivity contribution in [2.75, 3.05) is 32.8 Å². The molecule has 1 fully saturated rings. The van der Waals surface area contributed by atoms with Crippen molar-refractivity contribution in [3.63, 3.8) is 0 Å². The van der Waals surface area contributed by atoms with Gasteiger partial charge in [-0.2, -0.15) is 0 Å². The summed E-state index contributed by atoms with van der Waals surface area (Å²) in [6.45, 7) is 8.77. The van der Waals surface area contributed by atoms with Crippen molar-refractivity contribution >= 4 is 0 Å². The van der Waals surface area contributed by atoms with Crippen molar-refractivity contribution in [2.45, 2.75) is 26.3 Å². The first-order valence-electron chi connectivity index (χ1n) is 6.84. The number of nitrogens with one attached hydrogen (secondary N) is 1. The third-order valence-electron chi connectivity index (χ3n) is 3.62. The molecule has 100 valence electrons. The number of piperazine rings is 1. The second-order valence-electron chi connectivity index (χ2n) is 5.24. The predicted octanol–water partition coefficient (Wildman–Crippen LogP) is 1.63. The standard InChI is InChI=1S/C15H24N2O/c1-12-9-13(2)11-14(10-12)15(3-8-18)17-6-4-16-5-7-17/h9-11,15-16,18H,3-8H2,1-2H3/t15-/m1/s1. The van der Waals surface area contributed by atoms with E-state index in [0.29, 0.717) is 6.04 Å². The molecule has 0 bridgehead atoms. The minimum Gasteiger partial charge on any atom is -0.396 e. The molecule has 2 rings (SSSR count). The van der Waals surface area contributed by atoms with Gasteiger partial charge < -0.3 is 10.4 Å². The van der Waals surface area contributed by atoms with Crippen LogP contribution in [0.3, 0.4) is 0 Å². The largest absolute Gasteiger partial charge is 0.396 e. The van der Waals surface area contributed by atoms with E-state index in [1.807, 2.05) is 0 Å². The van der Waals surface area contributed by atoms with Gasteiger partial charge in [0.05, 0.1) is 0 Å². The minimum absolute atomic E-state index is 0.252. The molecular weight excluding hydrogens is 224 g/mol. The average molecular weight is 248 g/mol. The number of hydrogen-bond acceptors (Lipinski definition) is 3. The summed E-state index contributed by atoms with van der Waals surface area (Å²) in [4.78, 5) is 2.49. The monoisotopic (exact) mass is 248 g/mol. The Kier molecular flexibility index (Phi) is 4.75. The SMILES string of the molecule is Cc1cc(C)cc([C@@H](CCO)N2CCNCC2)c1. The summed E-state index contributed by atoms with van der Waals surface area (Å²) in [6.07, 6.45) is 0.822. The van der Waals surface area contributed by atoms with Crippen LogP contribution in [-0.4, -0.2) is 42.8 Å². The molecule has 0 radical (unpaired) electrons. The van der Waals surface area contributed by atoms with E-state index >= 15 is 0 Å². The van der Waals surface area contributed by atoms with Crippen molar-refractivity contribution < 1.29 is 5.11 Å². The van der Waals surface area contributed by atoms with Crippen LogP contribution in [0.4, 0.5) is 0 Å². The molecule has 0 unspecified atom stereocenters. The van der Waals surface area contributed by atoms with Gasteiger partial charge in [0.1, 0.15) is 0 Å². The van der Waals surface area contributed by atoms with Gasteiger partial charge in [0.15, 0.2) is 0 Å². The van der Waals surface area contributed by atoms with Crippen LogP contribution in [0.25, 0.3) is 0 Å². The smallest absolute Gasteiger partial charge is 0.0449 e. The zero-order valence-electron chi connectivity index (χ0n) is 11.4. The maximum absolute atomic E-state index is 9.32. The normalized spacial score (nSPS) is 18.8. The number of aliphatic hydroxyl groups is 1. The Balaban J connectivity index is 2.22. The average Bonchev–Trinajstić information content (AvgIpc) is 2.36. The summed E-state index contributed by atoms with van der Waals surface area (Å²) in [5.74, 6) is 0. The van der Waals surface area contributed by atoms with Crippen LogP contribution < -0.4 is 5.32 Å². The van der Waals surface area contributed by atoms with Crippen molar-refractivity contribution in [3.05, 3.63) is 34.9 Å². The first-order valence-corrected chi connectivity index (χ1v) is 6.84. The van der Waals surface area contributed by atoms with Gasteiger partial charge in [-0.05, 0) is 25.8 Å². The summed E-state index contributed by atoms with van der Waals surface area (Å²) < 4.78 is 0. The molecule has 0 saturated carbocycles. The summed E-state index contributed by atoms with van der Waals surface area (Å²) >= 11 is 0. The summed E-state index contributed by atoms with van der Waals surface area (Å²) in [7, 11) is 0. The first-order chi connectivity index (χ1) is 8.70. The lowest BCUT2D eigenvalue weighted by Gasteiger charge is -2.35. The number of aliphatic hydroxyl groups excluding tert-OH is 1. The van der Waals surface area contributed by atoms with Gasteiger partial charge >= 0.3 is 0 Å². The molecule has 3 nitrogen and oxygen atoms in total. The molecule has 18 heavy (non-hydrogen) atoms. The van der Waals surface area contributed by atoms with Crippen molar-refractivity contribution in [2.24, 2.45) is 0 Å². The molecule has 1 aliphatic rings. The van der Waals surface area contributed by atoms with Gasteiger partial charge in [-0.1, -0.05) is 29.3 Å². The van der Waals surface area contributed by atoms with Gasteiger partial charge in [0.2, 0.25) is 0 Å². The Hall–Kier alpha value is -0.900. The molecule has 1 aliphatic heterocycles. The number of benzene rings is 1. The van der Waals surface area contributed by atoms with Crippen molar-refractivity contribution in [1.82, 2.24) is 10.2 Å². The zero-order chi connectivity index (χ0) is 13.0. The molecule has 1 aromatic rings. The van der Waals surface area contributed by atoms with Crippen molar-refractivity contribution in [3.8, 4) is 0 Å². The third kappa shape index (κ3) is 3.31. The zero-order valence-corrected chi connectivity index (χ0v) is 11.4. The molecule has 1 saturated heterocycles. The predicted molar refractivity (Wildman–Crippen MR) is 74.8 cm³/mol. The van der Waals surface area contributed by atoms with Crippen LogP contribution in [0.1, 0.15) is 29.2 Å². The second kappa shape index (κ2) is 6.32. The van der Waals surface area contributed by atoms with Crippen molar-refractivity contribution in [1.29, 1.82) is 0 Å². The van der Waals surface area contributed by atoms with Crippen LogP contribution in [0.2, 0.25) is 0 Å². The molecule has 0 spiro atoms. The molecule has 1 heterocycles. The third-order valence-corrected chi connectivity index (χ3v) is 3.62. The van der Waals surface area contributed by atoms with Crippen LogP contribution in [-0.2, 0) is 0 Å². The Morgan fingerprint density at radius 3 is 2.33 bits per heavy atom. The molecule has 1 aromatic carbocycles. The Labute approximate surface area is 110 Å². The van der Waals surface area contributed by atoms with Gasteiger partial charge in [-0.3, -0.25) is 4.90 Å². The quantitative estimate of drug-likeness (QED) is 0.850. The lowest BCUT2D eigenvalue weighted by Crippen LogP contribution is -2.45. The Morgan fingerprint density at radius 1 is 1.17 bits per heavy atom. The van der Waals surface area contributed by atoms with E-state index in [2.05, 4.69) is 42.3 Å². The van der Waals surface area contributed by atoms with Crippen LogP contribution in [0, 0.1) is 13.8 Å². The Morgan fingerprint density at radius 2 is 1.78 bits per heavy atom. The van der Waals surface area contributed by atoms with Crippen LogP contribution in [0.5, 0.6) is 0 Å². The molecule has 2 N–H and O–H groups in total. The minimum atomic E-state index is 0.252. The van der Waals surface area contributed by atoms with E-state index in [1.165, 1.54) is 16.7 Å². The van der Waals surface area contributed by atoms with Crippen LogP contribution in [0.15, 0.2) is 18.2 Å².